The summed E-state index contributed by atoms with van der Waals surface area (Å²) in [4.78, 5) is 55.8. The SMILES string of the molecule is NCCCCC(N)C(=O)NC(CCCN=C(N)N)C(=O)NC(Cc1ccc(O)cc1)C(=O)NC(Cc1ccccc1)C(=O)O. The van der Waals surface area contributed by atoms with Crippen LogP contribution in [0, 0.1) is 0 Å². The quantitative estimate of drug-likeness (QED) is 0.0543. The maximum Gasteiger partial charge on any atom is 0.326 e. The zero-order valence-corrected chi connectivity index (χ0v) is 24.7. The van der Waals surface area contributed by atoms with E-state index in [0.717, 1.165) is 0 Å². The minimum atomic E-state index is -1.27. The second kappa shape index (κ2) is 18.8. The summed E-state index contributed by atoms with van der Waals surface area (Å²) in [5.74, 6) is -3.31. The van der Waals surface area contributed by atoms with Crippen LogP contribution in [-0.2, 0) is 32.0 Å². The molecule has 2 rings (SSSR count). The van der Waals surface area contributed by atoms with Gasteiger partial charge in [-0.25, -0.2) is 4.79 Å². The number of nitrogens with zero attached hydrogens (tertiary/aromatic N) is 1. The summed E-state index contributed by atoms with van der Waals surface area (Å²) in [5.41, 5.74) is 23.6. The average Bonchev–Trinajstić information content (AvgIpc) is 2.99. The summed E-state index contributed by atoms with van der Waals surface area (Å²) in [7, 11) is 0. The number of guanidine groups is 1. The van der Waals surface area contributed by atoms with E-state index in [0.29, 0.717) is 43.4 Å². The number of rotatable bonds is 19. The molecule has 0 aliphatic carbocycles. The smallest absolute Gasteiger partial charge is 0.326 e. The molecule has 0 aromatic heterocycles. The Morgan fingerprint density at radius 1 is 0.727 bits per heavy atom. The number of aliphatic imine (C=N–C) groups is 1. The number of nitrogens with two attached hydrogens (primary N) is 4. The van der Waals surface area contributed by atoms with Gasteiger partial charge in [-0.3, -0.25) is 19.4 Å². The molecule has 2 aromatic carbocycles. The van der Waals surface area contributed by atoms with Gasteiger partial charge in [-0.15, -0.1) is 0 Å². The lowest BCUT2D eigenvalue weighted by Gasteiger charge is -2.25. The lowest BCUT2D eigenvalue weighted by Crippen LogP contribution is -2.57. The number of carboxylic acid groups (broad SMARTS) is 1. The fourth-order valence-corrected chi connectivity index (χ4v) is 4.36. The molecule has 14 heteroatoms. The van der Waals surface area contributed by atoms with Gasteiger partial charge in [-0.05, 0) is 55.5 Å². The van der Waals surface area contributed by atoms with Gasteiger partial charge < -0.3 is 49.1 Å². The van der Waals surface area contributed by atoms with Crippen LogP contribution in [0.15, 0.2) is 59.6 Å². The Morgan fingerprint density at radius 3 is 1.91 bits per heavy atom. The van der Waals surface area contributed by atoms with Crippen molar-refractivity contribution < 1.29 is 29.4 Å². The third kappa shape index (κ3) is 13.1. The van der Waals surface area contributed by atoms with E-state index in [1.807, 2.05) is 0 Å². The highest BCUT2D eigenvalue weighted by Gasteiger charge is 2.30. The third-order valence-electron chi connectivity index (χ3n) is 6.79. The predicted octanol–water partition coefficient (Wildman–Crippen LogP) is -0.774. The van der Waals surface area contributed by atoms with Crippen LogP contribution < -0.4 is 38.9 Å². The molecule has 240 valence electrons. The Hall–Kier alpha value is -4.69. The van der Waals surface area contributed by atoms with Crippen LogP contribution in [0.25, 0.3) is 0 Å². The normalized spacial score (nSPS) is 13.5. The second-order valence-electron chi connectivity index (χ2n) is 10.4. The van der Waals surface area contributed by atoms with Crippen LogP contribution in [0.2, 0.25) is 0 Å². The number of benzene rings is 2. The number of aliphatic carboxylic acids is 1. The van der Waals surface area contributed by atoms with Crippen molar-refractivity contribution in [2.75, 3.05) is 13.1 Å². The Morgan fingerprint density at radius 2 is 1.30 bits per heavy atom. The van der Waals surface area contributed by atoms with Gasteiger partial charge in [0, 0.05) is 19.4 Å². The number of carbonyl (C=O) groups is 4. The number of nitrogens with one attached hydrogen (secondary N) is 3. The first-order chi connectivity index (χ1) is 21.0. The van der Waals surface area contributed by atoms with Crippen molar-refractivity contribution in [1.82, 2.24) is 16.0 Å². The molecule has 13 N–H and O–H groups in total. The predicted molar refractivity (Wildman–Crippen MR) is 166 cm³/mol. The number of phenols is 1. The molecule has 14 nitrogen and oxygen atoms in total. The molecule has 0 bridgehead atoms. The molecule has 0 saturated carbocycles. The first-order valence-electron chi connectivity index (χ1n) is 14.5. The topological polar surface area (TPSA) is 261 Å². The second-order valence-corrected chi connectivity index (χ2v) is 10.4. The molecule has 2 aromatic rings. The van der Waals surface area contributed by atoms with Crippen molar-refractivity contribution >= 4 is 29.7 Å². The number of amides is 3. The van der Waals surface area contributed by atoms with Crippen molar-refractivity contribution in [3.05, 3.63) is 65.7 Å². The zero-order chi connectivity index (χ0) is 32.5. The summed E-state index contributed by atoms with van der Waals surface area (Å²) >= 11 is 0. The van der Waals surface area contributed by atoms with Gasteiger partial charge in [0.2, 0.25) is 17.7 Å². The van der Waals surface area contributed by atoms with Crippen LogP contribution in [0.3, 0.4) is 0 Å². The summed E-state index contributed by atoms with van der Waals surface area (Å²) in [6.45, 7) is 0.657. The largest absolute Gasteiger partial charge is 0.508 e. The fraction of sp³-hybridized carbons (Fsp3) is 0.433. The van der Waals surface area contributed by atoms with Gasteiger partial charge in [0.05, 0.1) is 6.04 Å². The van der Waals surface area contributed by atoms with Gasteiger partial charge in [-0.1, -0.05) is 48.9 Å². The molecule has 44 heavy (non-hydrogen) atoms. The maximum absolute atomic E-state index is 13.6. The zero-order valence-electron chi connectivity index (χ0n) is 24.7. The number of hydrogen-bond donors (Lipinski definition) is 9. The first kappa shape index (κ1) is 35.5. The monoisotopic (exact) mass is 612 g/mol. The lowest BCUT2D eigenvalue weighted by molar-refractivity contribution is -0.142. The summed E-state index contributed by atoms with van der Waals surface area (Å²) < 4.78 is 0. The van der Waals surface area contributed by atoms with E-state index in [2.05, 4.69) is 20.9 Å². The van der Waals surface area contributed by atoms with E-state index >= 15 is 0 Å². The van der Waals surface area contributed by atoms with E-state index < -0.39 is 47.9 Å². The Kier molecular flexibility index (Phi) is 15.1. The minimum absolute atomic E-state index is 0.0129. The number of hydrogen-bond acceptors (Lipinski definition) is 8. The van der Waals surface area contributed by atoms with Crippen LogP contribution >= 0.6 is 0 Å². The van der Waals surface area contributed by atoms with Crippen molar-refractivity contribution in [2.45, 2.75) is 69.1 Å². The van der Waals surface area contributed by atoms with Gasteiger partial charge in [0.15, 0.2) is 5.96 Å². The lowest BCUT2D eigenvalue weighted by atomic mass is 10.0. The molecule has 0 spiro atoms. The van der Waals surface area contributed by atoms with Crippen molar-refractivity contribution in [2.24, 2.45) is 27.9 Å². The van der Waals surface area contributed by atoms with E-state index in [1.165, 1.54) is 12.1 Å². The molecular weight excluding hydrogens is 568 g/mol. The standard InChI is InChI=1S/C30H44N8O6/c31-15-5-4-9-22(32)26(40)36-23(10-6-16-35-30(33)34)27(41)37-24(17-20-11-13-21(39)14-12-20)28(42)38-25(29(43)44)18-19-7-2-1-3-8-19/h1-3,7-8,11-14,22-25,39H,4-6,9-10,15-18,31-32H2,(H,36,40)(H,37,41)(H,38,42)(H,43,44)(H4,33,34,35). The first-order valence-corrected chi connectivity index (χ1v) is 14.5. The van der Waals surface area contributed by atoms with E-state index in [-0.39, 0.29) is 37.5 Å². The van der Waals surface area contributed by atoms with Gasteiger partial charge in [0.25, 0.3) is 0 Å². The Balaban J connectivity index is 2.26. The molecule has 3 amide bonds. The fourth-order valence-electron chi connectivity index (χ4n) is 4.36. The molecule has 0 aliphatic heterocycles. The van der Waals surface area contributed by atoms with Crippen LogP contribution in [0.1, 0.15) is 43.2 Å². The van der Waals surface area contributed by atoms with Crippen LogP contribution in [0.4, 0.5) is 0 Å². The highest BCUT2D eigenvalue weighted by Crippen LogP contribution is 2.13. The highest BCUT2D eigenvalue weighted by atomic mass is 16.4. The number of carbonyl (C=O) groups excluding carboxylic acids is 3. The van der Waals surface area contributed by atoms with E-state index in [4.69, 9.17) is 22.9 Å². The molecule has 0 heterocycles. The average molecular weight is 613 g/mol. The maximum atomic E-state index is 13.6. The third-order valence-corrected chi connectivity index (χ3v) is 6.79. The number of aromatic hydroxyl groups is 1. The van der Waals surface area contributed by atoms with Gasteiger partial charge >= 0.3 is 5.97 Å². The highest BCUT2D eigenvalue weighted by molar-refractivity contribution is 5.94. The molecule has 4 unspecified atom stereocenters. The molecule has 4 atom stereocenters. The van der Waals surface area contributed by atoms with E-state index in [1.54, 1.807) is 42.5 Å². The van der Waals surface area contributed by atoms with E-state index in [9.17, 15) is 29.4 Å². The van der Waals surface area contributed by atoms with Crippen LogP contribution in [0.5, 0.6) is 5.75 Å². The summed E-state index contributed by atoms with van der Waals surface area (Å²) in [6, 6.07) is 10.4. The van der Waals surface area contributed by atoms with Crippen molar-refractivity contribution in [1.29, 1.82) is 0 Å². The van der Waals surface area contributed by atoms with Gasteiger partial charge in [0.1, 0.15) is 23.9 Å². The molecule has 0 radical (unpaired) electrons. The Labute approximate surface area is 256 Å². The van der Waals surface area contributed by atoms with Crippen molar-refractivity contribution in [3.8, 4) is 5.75 Å². The molecule has 0 saturated heterocycles. The molecule has 0 aliphatic rings. The number of phenolic OH excluding ortho intramolecular Hbond substituents is 1. The number of carboxylic acids is 1. The van der Waals surface area contributed by atoms with Gasteiger partial charge in [-0.2, -0.15) is 0 Å². The molecular formula is C30H44N8O6. The summed E-state index contributed by atoms with van der Waals surface area (Å²) in [5, 5.41) is 27.4. The number of unbranched alkanes of at least 4 members (excludes halogenated alkanes) is 1. The van der Waals surface area contributed by atoms with Crippen molar-refractivity contribution in [3.63, 3.8) is 0 Å². The minimum Gasteiger partial charge on any atom is -0.508 e. The molecule has 0 fully saturated rings. The summed E-state index contributed by atoms with van der Waals surface area (Å²) in [6.07, 6.45) is 2.15. The Bertz CT molecular complexity index is 1240. The van der Waals surface area contributed by atoms with Crippen LogP contribution in [-0.4, -0.2) is 77.1 Å².